The summed E-state index contributed by atoms with van der Waals surface area (Å²) in [5, 5.41) is 14.5. The van der Waals surface area contributed by atoms with Crippen molar-refractivity contribution in [1.29, 1.82) is 0 Å². The number of anilines is 1. The van der Waals surface area contributed by atoms with E-state index < -0.39 is 23.5 Å². The van der Waals surface area contributed by atoms with Gasteiger partial charge in [-0.25, -0.2) is 9.59 Å². The summed E-state index contributed by atoms with van der Waals surface area (Å²) in [6.07, 6.45) is 0. The fourth-order valence-corrected chi connectivity index (χ4v) is 2.04. The Morgan fingerprint density at radius 2 is 1.70 bits per heavy atom. The molecule has 1 rings (SSSR count). The molecule has 7 heteroatoms. The summed E-state index contributed by atoms with van der Waals surface area (Å²) in [5.74, 6) is -1.11. The molecule has 1 unspecified atom stereocenters. The highest BCUT2D eigenvalue weighted by atomic mass is 35.5. The Morgan fingerprint density at radius 1 is 1.20 bits per heavy atom. The van der Waals surface area contributed by atoms with Gasteiger partial charge in [0, 0.05) is 0 Å². The predicted octanol–water partition coefficient (Wildman–Crippen LogP) is 3.61. The molecule has 0 bridgehead atoms. The van der Waals surface area contributed by atoms with Gasteiger partial charge in [0.05, 0.1) is 15.7 Å². The van der Waals surface area contributed by atoms with Gasteiger partial charge in [-0.3, -0.25) is 0 Å². The Bertz CT molecular complexity index is 507. The van der Waals surface area contributed by atoms with Crippen LogP contribution < -0.4 is 10.6 Å². The summed E-state index contributed by atoms with van der Waals surface area (Å²) in [5.41, 5.74) is -0.389. The van der Waals surface area contributed by atoms with Gasteiger partial charge in [-0.05, 0) is 17.5 Å². The number of carbonyl (C=O) groups is 2. The van der Waals surface area contributed by atoms with Gasteiger partial charge in [-0.2, -0.15) is 0 Å². The number of aliphatic carboxylic acids is 1. The van der Waals surface area contributed by atoms with Crippen molar-refractivity contribution in [1.82, 2.24) is 5.32 Å². The van der Waals surface area contributed by atoms with E-state index in [1.807, 2.05) is 0 Å². The molecule has 5 nitrogen and oxygen atoms in total. The molecule has 0 heterocycles. The Hall–Kier alpha value is -1.46. The number of benzene rings is 1. The standard InChI is InChI=1S/C13H16Cl2N2O3/c1-13(2,3)10(11(18)19)17-12(20)16-9-7(14)5-4-6-8(9)15/h4-6,10H,1-3H3,(H,18,19)(H2,16,17,20). The number of nitrogens with one attached hydrogen (secondary N) is 2. The predicted molar refractivity (Wildman–Crippen MR) is 79.5 cm³/mol. The van der Waals surface area contributed by atoms with Gasteiger partial charge < -0.3 is 15.7 Å². The van der Waals surface area contributed by atoms with Crippen molar-refractivity contribution in [3.8, 4) is 0 Å². The molecule has 1 aromatic carbocycles. The maximum Gasteiger partial charge on any atom is 0.326 e. The molecule has 0 fully saturated rings. The summed E-state index contributed by atoms with van der Waals surface area (Å²) in [6, 6.07) is 3.07. The summed E-state index contributed by atoms with van der Waals surface area (Å²) in [7, 11) is 0. The van der Waals surface area contributed by atoms with Crippen LogP contribution in [-0.4, -0.2) is 23.1 Å². The number of carboxylic acid groups (broad SMARTS) is 1. The van der Waals surface area contributed by atoms with Crippen LogP contribution in [0.15, 0.2) is 18.2 Å². The number of amides is 2. The molecular weight excluding hydrogens is 303 g/mol. The summed E-state index contributed by atoms with van der Waals surface area (Å²) in [4.78, 5) is 23.0. The van der Waals surface area contributed by atoms with Crippen LogP contribution in [0.2, 0.25) is 10.0 Å². The number of para-hydroxylation sites is 1. The van der Waals surface area contributed by atoms with Gasteiger partial charge in [0.25, 0.3) is 0 Å². The van der Waals surface area contributed by atoms with Crippen LogP contribution in [0.3, 0.4) is 0 Å². The number of hydrogen-bond acceptors (Lipinski definition) is 2. The van der Waals surface area contributed by atoms with Gasteiger partial charge in [0.1, 0.15) is 6.04 Å². The topological polar surface area (TPSA) is 78.4 Å². The average molecular weight is 319 g/mol. The normalized spacial score (nSPS) is 12.7. The van der Waals surface area contributed by atoms with E-state index in [9.17, 15) is 9.59 Å². The lowest BCUT2D eigenvalue weighted by atomic mass is 9.87. The lowest BCUT2D eigenvalue weighted by molar-refractivity contribution is -0.141. The van der Waals surface area contributed by atoms with Crippen LogP contribution >= 0.6 is 23.2 Å². The van der Waals surface area contributed by atoms with Crippen molar-refractivity contribution in [2.24, 2.45) is 5.41 Å². The first-order valence-corrected chi connectivity index (χ1v) is 6.63. The average Bonchev–Trinajstić information content (AvgIpc) is 2.29. The van der Waals surface area contributed by atoms with Crippen LogP contribution in [0, 0.1) is 5.41 Å². The molecule has 0 spiro atoms. The second kappa shape index (κ2) is 6.33. The highest BCUT2D eigenvalue weighted by molar-refractivity contribution is 6.39. The molecule has 0 saturated carbocycles. The molecule has 0 aromatic heterocycles. The summed E-state index contributed by atoms with van der Waals surface area (Å²) < 4.78 is 0. The third-order valence-corrected chi connectivity index (χ3v) is 3.22. The second-order valence-electron chi connectivity index (χ2n) is 5.33. The Kier molecular flexibility index (Phi) is 5.25. The van der Waals surface area contributed by atoms with E-state index in [0.717, 1.165) is 0 Å². The minimum atomic E-state index is -1.11. The highest BCUT2D eigenvalue weighted by Crippen LogP contribution is 2.29. The van der Waals surface area contributed by atoms with Crippen molar-refractivity contribution in [2.75, 3.05) is 5.32 Å². The van der Waals surface area contributed by atoms with E-state index >= 15 is 0 Å². The molecule has 0 aliphatic carbocycles. The van der Waals surface area contributed by atoms with Crippen molar-refractivity contribution < 1.29 is 14.7 Å². The number of urea groups is 1. The third-order valence-electron chi connectivity index (χ3n) is 2.59. The van der Waals surface area contributed by atoms with Crippen LogP contribution in [0.4, 0.5) is 10.5 Å². The minimum Gasteiger partial charge on any atom is -0.480 e. The maximum atomic E-state index is 11.9. The van der Waals surface area contributed by atoms with E-state index in [1.54, 1.807) is 39.0 Å². The van der Waals surface area contributed by atoms with Gasteiger partial charge in [-0.15, -0.1) is 0 Å². The number of carbonyl (C=O) groups excluding carboxylic acids is 1. The monoisotopic (exact) mass is 318 g/mol. The Morgan fingerprint density at radius 3 is 2.10 bits per heavy atom. The van der Waals surface area contributed by atoms with E-state index in [-0.39, 0.29) is 15.7 Å². The SMILES string of the molecule is CC(C)(C)C(NC(=O)Nc1c(Cl)cccc1Cl)C(=O)O. The lowest BCUT2D eigenvalue weighted by Crippen LogP contribution is -2.50. The van der Waals surface area contributed by atoms with Crippen LogP contribution in [0.5, 0.6) is 0 Å². The van der Waals surface area contributed by atoms with Crippen LogP contribution in [-0.2, 0) is 4.79 Å². The number of rotatable bonds is 3. The number of halogens is 2. The first-order valence-electron chi connectivity index (χ1n) is 5.87. The quantitative estimate of drug-likeness (QED) is 0.796. The largest absolute Gasteiger partial charge is 0.480 e. The first kappa shape index (κ1) is 16.6. The number of carboxylic acids is 1. The minimum absolute atomic E-state index is 0.242. The first-order chi connectivity index (χ1) is 9.12. The lowest BCUT2D eigenvalue weighted by Gasteiger charge is -2.27. The number of hydrogen-bond donors (Lipinski definition) is 3. The van der Waals surface area contributed by atoms with Crippen molar-refractivity contribution >= 4 is 40.9 Å². The van der Waals surface area contributed by atoms with Gasteiger partial charge in [0.15, 0.2) is 0 Å². The fourth-order valence-electron chi connectivity index (χ4n) is 1.55. The molecular formula is C13H16Cl2N2O3. The van der Waals surface area contributed by atoms with E-state index in [1.165, 1.54) is 0 Å². The molecule has 110 valence electrons. The van der Waals surface area contributed by atoms with Crippen molar-refractivity contribution in [3.63, 3.8) is 0 Å². The van der Waals surface area contributed by atoms with Crippen LogP contribution in [0.25, 0.3) is 0 Å². The zero-order valence-electron chi connectivity index (χ0n) is 11.3. The van der Waals surface area contributed by atoms with Gasteiger partial charge >= 0.3 is 12.0 Å². The van der Waals surface area contributed by atoms with Crippen LogP contribution in [0.1, 0.15) is 20.8 Å². The molecule has 3 N–H and O–H groups in total. The van der Waals surface area contributed by atoms with E-state index in [2.05, 4.69) is 10.6 Å². The fraction of sp³-hybridized carbons (Fsp3) is 0.385. The third kappa shape index (κ3) is 4.28. The summed E-state index contributed by atoms with van der Waals surface area (Å²) in [6.45, 7) is 5.15. The van der Waals surface area contributed by atoms with Gasteiger partial charge in [0.2, 0.25) is 0 Å². The van der Waals surface area contributed by atoms with Crippen molar-refractivity contribution in [3.05, 3.63) is 28.2 Å². The van der Waals surface area contributed by atoms with Crippen molar-refractivity contribution in [2.45, 2.75) is 26.8 Å². The maximum absolute atomic E-state index is 11.9. The second-order valence-corrected chi connectivity index (χ2v) is 6.15. The summed E-state index contributed by atoms with van der Waals surface area (Å²) >= 11 is 11.8. The zero-order chi connectivity index (χ0) is 15.5. The molecule has 0 radical (unpaired) electrons. The smallest absolute Gasteiger partial charge is 0.326 e. The molecule has 0 aliphatic heterocycles. The molecule has 0 aliphatic rings. The Labute approximate surface area is 127 Å². The molecule has 0 saturated heterocycles. The van der Waals surface area contributed by atoms with E-state index in [0.29, 0.717) is 0 Å². The molecule has 1 atom stereocenters. The highest BCUT2D eigenvalue weighted by Gasteiger charge is 2.32. The zero-order valence-corrected chi connectivity index (χ0v) is 12.8. The van der Waals surface area contributed by atoms with Gasteiger partial charge in [-0.1, -0.05) is 50.0 Å². The molecule has 1 aromatic rings. The Balaban J connectivity index is 2.84. The van der Waals surface area contributed by atoms with E-state index in [4.69, 9.17) is 28.3 Å². The molecule has 2 amide bonds. The molecule has 20 heavy (non-hydrogen) atoms.